The Morgan fingerprint density at radius 2 is 2.17 bits per heavy atom. The Morgan fingerprint density at radius 3 is 2.89 bits per heavy atom. The number of hydrogen-bond acceptors (Lipinski definition) is 2. The monoisotopic (exact) mass is 248 g/mol. The van der Waals surface area contributed by atoms with Crippen LogP contribution in [0.25, 0.3) is 0 Å². The van der Waals surface area contributed by atoms with E-state index in [2.05, 4.69) is 4.99 Å². The molecule has 0 N–H and O–H groups in total. The molecular weight excluding hydrogens is 227 g/mol. The summed E-state index contributed by atoms with van der Waals surface area (Å²) in [6, 6.07) is 5.72. The first-order chi connectivity index (χ1) is 8.66. The summed E-state index contributed by atoms with van der Waals surface area (Å²) in [6.45, 7) is 0.639. The number of nitrogens with zero attached hydrogens (tertiary/aromatic N) is 2. The molecule has 0 aromatic heterocycles. The van der Waals surface area contributed by atoms with Crippen molar-refractivity contribution in [3.8, 4) is 0 Å². The van der Waals surface area contributed by atoms with Crippen LogP contribution in [0.1, 0.15) is 42.9 Å². The number of halogens is 1. The lowest BCUT2D eigenvalue weighted by atomic mass is 10.0. The van der Waals surface area contributed by atoms with Gasteiger partial charge in [-0.2, -0.15) is 0 Å². The molecule has 1 aliphatic heterocycles. The van der Waals surface area contributed by atoms with E-state index < -0.39 is 0 Å². The maximum Gasteiger partial charge on any atom is 0.128 e. The topological polar surface area (TPSA) is 15.6 Å². The van der Waals surface area contributed by atoms with Gasteiger partial charge >= 0.3 is 0 Å². The first-order valence-electron chi connectivity index (χ1n) is 6.61. The second-order valence-electron chi connectivity index (χ2n) is 5.22. The first-order valence-corrected chi connectivity index (χ1v) is 6.61. The van der Waals surface area contributed by atoms with Gasteiger partial charge in [-0.1, -0.05) is 18.6 Å². The second kappa shape index (κ2) is 6.10. The van der Waals surface area contributed by atoms with Crippen molar-refractivity contribution >= 4 is 6.21 Å². The number of aliphatic imine (C=N–C) groups is 1. The lowest BCUT2D eigenvalue weighted by Gasteiger charge is -2.14. The van der Waals surface area contributed by atoms with Gasteiger partial charge in [0.15, 0.2) is 0 Å². The molecule has 0 saturated heterocycles. The van der Waals surface area contributed by atoms with Gasteiger partial charge in [-0.05, 0) is 51.2 Å². The summed E-state index contributed by atoms with van der Waals surface area (Å²) in [7, 11) is 3.89. The van der Waals surface area contributed by atoms with Crippen LogP contribution in [0.5, 0.6) is 0 Å². The quantitative estimate of drug-likeness (QED) is 0.798. The molecular formula is C15H21FN2. The standard InChI is InChI=1S/C15H21FN2/c1-18(2)11-13-8-7-12(10-14(13)16)15-6-4-3-5-9-17-15/h7-10,15H,3-6,11H2,1-2H3. The lowest BCUT2D eigenvalue weighted by Crippen LogP contribution is -2.12. The van der Waals surface area contributed by atoms with Crippen LogP contribution in [0.15, 0.2) is 23.2 Å². The highest BCUT2D eigenvalue weighted by Gasteiger charge is 2.13. The van der Waals surface area contributed by atoms with Gasteiger partial charge in [0.05, 0.1) is 6.04 Å². The van der Waals surface area contributed by atoms with Crippen molar-refractivity contribution in [3.05, 3.63) is 35.1 Å². The fraction of sp³-hybridized carbons (Fsp3) is 0.533. The summed E-state index contributed by atoms with van der Waals surface area (Å²) >= 11 is 0. The van der Waals surface area contributed by atoms with Gasteiger partial charge in [-0.15, -0.1) is 0 Å². The molecule has 3 heteroatoms. The maximum atomic E-state index is 14.0. The zero-order chi connectivity index (χ0) is 13.0. The van der Waals surface area contributed by atoms with Crippen LogP contribution in [0.3, 0.4) is 0 Å². The minimum Gasteiger partial charge on any atom is -0.305 e. The zero-order valence-corrected chi connectivity index (χ0v) is 11.2. The van der Waals surface area contributed by atoms with Crippen LogP contribution in [-0.2, 0) is 6.54 Å². The van der Waals surface area contributed by atoms with E-state index in [0.29, 0.717) is 6.54 Å². The van der Waals surface area contributed by atoms with E-state index >= 15 is 0 Å². The summed E-state index contributed by atoms with van der Waals surface area (Å²) in [5.74, 6) is -0.111. The van der Waals surface area contributed by atoms with Crippen molar-refractivity contribution in [2.24, 2.45) is 4.99 Å². The minimum absolute atomic E-state index is 0.111. The molecule has 0 spiro atoms. The molecule has 0 saturated carbocycles. The van der Waals surface area contributed by atoms with Crippen LogP contribution in [0.4, 0.5) is 4.39 Å². The van der Waals surface area contributed by atoms with E-state index in [1.165, 1.54) is 12.8 Å². The molecule has 0 amide bonds. The van der Waals surface area contributed by atoms with Gasteiger partial charge in [0.25, 0.3) is 0 Å². The van der Waals surface area contributed by atoms with Gasteiger partial charge in [0, 0.05) is 12.1 Å². The Balaban J connectivity index is 2.17. The molecule has 1 unspecified atom stereocenters. The molecule has 0 fully saturated rings. The third-order valence-corrected chi connectivity index (χ3v) is 3.29. The Kier molecular flexibility index (Phi) is 4.48. The van der Waals surface area contributed by atoms with Gasteiger partial charge in [0.2, 0.25) is 0 Å². The molecule has 18 heavy (non-hydrogen) atoms. The number of hydrogen-bond donors (Lipinski definition) is 0. The van der Waals surface area contributed by atoms with Crippen LogP contribution in [-0.4, -0.2) is 25.2 Å². The average molecular weight is 248 g/mol. The van der Waals surface area contributed by atoms with Gasteiger partial charge in [0.1, 0.15) is 5.82 Å². The van der Waals surface area contributed by atoms with E-state index in [4.69, 9.17) is 0 Å². The highest BCUT2D eigenvalue weighted by Crippen LogP contribution is 2.27. The van der Waals surface area contributed by atoms with Crippen molar-refractivity contribution in [2.75, 3.05) is 14.1 Å². The van der Waals surface area contributed by atoms with Crippen LogP contribution >= 0.6 is 0 Å². The van der Waals surface area contributed by atoms with E-state index in [9.17, 15) is 4.39 Å². The molecule has 2 rings (SSSR count). The number of benzene rings is 1. The molecule has 0 bridgehead atoms. The van der Waals surface area contributed by atoms with Crippen LogP contribution < -0.4 is 0 Å². The molecule has 2 nitrogen and oxygen atoms in total. The molecule has 98 valence electrons. The Morgan fingerprint density at radius 1 is 1.33 bits per heavy atom. The highest BCUT2D eigenvalue weighted by atomic mass is 19.1. The van der Waals surface area contributed by atoms with Crippen molar-refractivity contribution in [1.29, 1.82) is 0 Å². The first kappa shape index (κ1) is 13.2. The molecule has 0 radical (unpaired) electrons. The average Bonchev–Trinajstić information content (AvgIpc) is 2.60. The van der Waals surface area contributed by atoms with E-state index in [1.54, 1.807) is 6.07 Å². The molecule has 0 aliphatic carbocycles. The van der Waals surface area contributed by atoms with E-state index in [-0.39, 0.29) is 11.9 Å². The van der Waals surface area contributed by atoms with Gasteiger partial charge in [-0.3, -0.25) is 4.99 Å². The Hall–Kier alpha value is -1.22. The summed E-state index contributed by atoms with van der Waals surface area (Å²) in [6.07, 6.45) is 6.44. The fourth-order valence-corrected chi connectivity index (χ4v) is 2.34. The third-order valence-electron chi connectivity index (χ3n) is 3.29. The maximum absolute atomic E-state index is 14.0. The largest absolute Gasteiger partial charge is 0.305 e. The Labute approximate surface area is 109 Å². The highest BCUT2D eigenvalue weighted by molar-refractivity contribution is 5.58. The SMILES string of the molecule is CN(C)Cc1ccc(C2CCCCC=N2)cc1F. The van der Waals surface area contributed by atoms with Crippen molar-refractivity contribution < 1.29 is 4.39 Å². The summed E-state index contributed by atoms with van der Waals surface area (Å²) in [5.41, 5.74) is 1.76. The predicted octanol–water partition coefficient (Wildman–Crippen LogP) is 3.57. The van der Waals surface area contributed by atoms with Crippen molar-refractivity contribution in [3.63, 3.8) is 0 Å². The Bertz CT molecular complexity index is 427. The molecule has 1 aromatic carbocycles. The summed E-state index contributed by atoms with van der Waals surface area (Å²) in [5, 5.41) is 0. The van der Waals surface area contributed by atoms with E-state index in [1.807, 2.05) is 37.3 Å². The summed E-state index contributed by atoms with van der Waals surface area (Å²) < 4.78 is 14.0. The molecule has 1 aliphatic rings. The smallest absolute Gasteiger partial charge is 0.128 e. The molecule has 1 heterocycles. The van der Waals surface area contributed by atoms with Crippen molar-refractivity contribution in [1.82, 2.24) is 4.90 Å². The van der Waals surface area contributed by atoms with Crippen LogP contribution in [0.2, 0.25) is 0 Å². The van der Waals surface area contributed by atoms with Crippen LogP contribution in [0, 0.1) is 5.82 Å². The van der Waals surface area contributed by atoms with E-state index in [0.717, 1.165) is 24.0 Å². The minimum atomic E-state index is -0.111. The van der Waals surface area contributed by atoms with Gasteiger partial charge in [-0.25, -0.2) is 4.39 Å². The third kappa shape index (κ3) is 3.39. The normalized spacial score (nSPS) is 20.1. The molecule has 1 aromatic rings. The van der Waals surface area contributed by atoms with Crippen molar-refractivity contribution in [2.45, 2.75) is 38.3 Å². The van der Waals surface area contributed by atoms with Gasteiger partial charge < -0.3 is 4.90 Å². The molecule has 1 atom stereocenters. The zero-order valence-electron chi connectivity index (χ0n) is 11.2. The number of rotatable bonds is 3. The summed E-state index contributed by atoms with van der Waals surface area (Å²) in [4.78, 5) is 6.50. The second-order valence-corrected chi connectivity index (χ2v) is 5.22. The predicted molar refractivity (Wildman–Crippen MR) is 73.5 cm³/mol. The fourth-order valence-electron chi connectivity index (χ4n) is 2.34. The lowest BCUT2D eigenvalue weighted by molar-refractivity contribution is 0.392.